The normalized spacial score (nSPS) is 16.3. The summed E-state index contributed by atoms with van der Waals surface area (Å²) >= 11 is 0. The number of nitrogens with zero attached hydrogens (tertiary/aromatic N) is 3. The highest BCUT2D eigenvalue weighted by molar-refractivity contribution is 6.07. The van der Waals surface area contributed by atoms with Crippen LogP contribution in [0.3, 0.4) is 0 Å². The van der Waals surface area contributed by atoms with Crippen LogP contribution in [-0.2, 0) is 0 Å². The molecule has 164 valence electrons. The molecular formula is C25H31ClN4O. The van der Waals surface area contributed by atoms with E-state index in [1.807, 2.05) is 30.0 Å². The number of likely N-dealkylation sites (tertiary alicyclic amines) is 1. The molecule has 1 aromatic carbocycles. The lowest BCUT2D eigenvalue weighted by atomic mass is 9.99. The highest BCUT2D eigenvalue weighted by Gasteiger charge is 2.25. The van der Waals surface area contributed by atoms with Gasteiger partial charge in [-0.15, -0.1) is 12.4 Å². The van der Waals surface area contributed by atoms with Gasteiger partial charge in [0.1, 0.15) is 0 Å². The van der Waals surface area contributed by atoms with Crippen molar-refractivity contribution in [2.24, 2.45) is 5.92 Å². The van der Waals surface area contributed by atoms with Crippen molar-refractivity contribution in [3.63, 3.8) is 0 Å². The summed E-state index contributed by atoms with van der Waals surface area (Å²) in [4.78, 5) is 24.5. The maximum Gasteiger partial charge on any atom is 0.257 e. The topological polar surface area (TPSA) is 58.1 Å². The van der Waals surface area contributed by atoms with Crippen LogP contribution in [0.15, 0.2) is 42.6 Å². The van der Waals surface area contributed by atoms with Crippen molar-refractivity contribution >= 4 is 40.7 Å². The molecule has 0 spiro atoms. The molecule has 1 saturated heterocycles. The number of hydrogen-bond donors (Lipinski definition) is 1. The molecule has 1 amide bonds. The minimum absolute atomic E-state index is 0. The highest BCUT2D eigenvalue weighted by atomic mass is 35.5. The molecule has 4 rings (SSSR count). The third-order valence-corrected chi connectivity index (χ3v) is 5.87. The number of piperidine rings is 1. The summed E-state index contributed by atoms with van der Waals surface area (Å²) in [6.45, 7) is 10.1. The molecule has 1 N–H and O–H groups in total. The van der Waals surface area contributed by atoms with E-state index in [1.165, 1.54) is 12.0 Å². The molecule has 31 heavy (non-hydrogen) atoms. The van der Waals surface area contributed by atoms with Crippen LogP contribution in [0.4, 0.5) is 11.4 Å². The summed E-state index contributed by atoms with van der Waals surface area (Å²) in [5.41, 5.74) is 5.18. The number of rotatable bonds is 4. The number of benzene rings is 1. The number of amides is 1. The molecule has 1 atom stereocenters. The van der Waals surface area contributed by atoms with Crippen molar-refractivity contribution in [1.82, 2.24) is 14.9 Å². The average molecular weight is 439 g/mol. The van der Waals surface area contributed by atoms with Gasteiger partial charge in [0.05, 0.1) is 11.3 Å². The first-order valence-electron chi connectivity index (χ1n) is 10.8. The molecule has 0 saturated carbocycles. The van der Waals surface area contributed by atoms with Crippen molar-refractivity contribution < 1.29 is 4.79 Å². The van der Waals surface area contributed by atoms with E-state index in [0.717, 1.165) is 42.0 Å². The lowest BCUT2D eigenvalue weighted by Gasteiger charge is -2.31. The maximum atomic E-state index is 13.5. The number of carbonyl (C=O) groups excluding carboxylic acids is 1. The molecule has 6 heteroatoms. The predicted octanol–water partition coefficient (Wildman–Crippen LogP) is 6.10. The summed E-state index contributed by atoms with van der Waals surface area (Å²) in [5, 5.41) is 4.40. The Morgan fingerprint density at radius 3 is 2.77 bits per heavy atom. The second-order valence-electron chi connectivity index (χ2n) is 8.77. The van der Waals surface area contributed by atoms with Crippen LogP contribution in [0.2, 0.25) is 0 Å². The molecule has 3 heterocycles. The van der Waals surface area contributed by atoms with Crippen LogP contribution in [-0.4, -0.2) is 33.9 Å². The molecule has 3 aromatic rings. The van der Waals surface area contributed by atoms with Crippen molar-refractivity contribution in [2.75, 3.05) is 18.4 Å². The Morgan fingerprint density at radius 1 is 1.23 bits per heavy atom. The van der Waals surface area contributed by atoms with E-state index in [9.17, 15) is 4.79 Å². The predicted molar refractivity (Wildman–Crippen MR) is 130 cm³/mol. The van der Waals surface area contributed by atoms with E-state index in [0.29, 0.717) is 23.0 Å². The van der Waals surface area contributed by atoms with E-state index in [2.05, 4.69) is 54.3 Å². The molecular weight excluding hydrogens is 408 g/mol. The Hall–Kier alpha value is -2.66. The van der Waals surface area contributed by atoms with Crippen molar-refractivity contribution in [3.8, 4) is 0 Å². The van der Waals surface area contributed by atoms with Gasteiger partial charge in [-0.3, -0.25) is 4.79 Å². The number of halogens is 1. The van der Waals surface area contributed by atoms with Crippen LogP contribution in [0.5, 0.6) is 0 Å². The average Bonchev–Trinajstić information content (AvgIpc) is 2.73. The fourth-order valence-corrected chi connectivity index (χ4v) is 4.13. The number of fused-ring (bicyclic) bond motifs is 1. The van der Waals surface area contributed by atoms with Crippen LogP contribution < -0.4 is 5.32 Å². The molecule has 0 radical (unpaired) electrons. The van der Waals surface area contributed by atoms with Crippen LogP contribution in [0.1, 0.15) is 61.1 Å². The lowest BCUT2D eigenvalue weighted by molar-refractivity contribution is 0.0684. The van der Waals surface area contributed by atoms with Gasteiger partial charge >= 0.3 is 0 Å². The zero-order chi connectivity index (χ0) is 21.3. The smallest absolute Gasteiger partial charge is 0.257 e. The SMILES string of the molecule is Cc1ccc2c(Nc3cccc(C(C)C)c3)c(C(=O)N3CCCC(C)C3)cnc2n1.Cl. The van der Waals surface area contributed by atoms with Gasteiger partial charge in [0.2, 0.25) is 0 Å². The monoisotopic (exact) mass is 438 g/mol. The van der Waals surface area contributed by atoms with Gasteiger partial charge in [0.25, 0.3) is 5.91 Å². The second-order valence-corrected chi connectivity index (χ2v) is 8.77. The number of carbonyl (C=O) groups is 1. The van der Waals surface area contributed by atoms with Crippen molar-refractivity contribution in [1.29, 1.82) is 0 Å². The summed E-state index contributed by atoms with van der Waals surface area (Å²) in [5.74, 6) is 1.000. The number of aryl methyl sites for hydroxylation is 1. The molecule has 1 unspecified atom stereocenters. The number of hydrogen-bond acceptors (Lipinski definition) is 4. The molecule has 1 aliphatic rings. The van der Waals surface area contributed by atoms with E-state index in [-0.39, 0.29) is 18.3 Å². The van der Waals surface area contributed by atoms with E-state index in [4.69, 9.17) is 0 Å². The fourth-order valence-electron chi connectivity index (χ4n) is 4.13. The molecule has 2 aromatic heterocycles. The van der Waals surface area contributed by atoms with Crippen molar-refractivity contribution in [2.45, 2.75) is 46.5 Å². The standard InChI is InChI=1S/C25H30N4O.ClH/c1-16(2)19-8-5-9-20(13-19)28-23-21-11-10-18(4)27-24(21)26-14-22(23)25(30)29-12-6-7-17(3)15-29;/h5,8-11,13-14,16-17H,6-7,12,15H2,1-4H3,(H,26,27,28);1H. The Balaban J connectivity index is 0.00000272. The third-order valence-electron chi connectivity index (χ3n) is 5.87. The molecule has 1 fully saturated rings. The molecule has 0 aliphatic carbocycles. The van der Waals surface area contributed by atoms with Crippen LogP contribution >= 0.6 is 12.4 Å². The largest absolute Gasteiger partial charge is 0.354 e. The number of anilines is 2. The maximum absolute atomic E-state index is 13.5. The first kappa shape index (κ1) is 23.0. The minimum atomic E-state index is 0. The number of pyridine rings is 2. The van der Waals surface area contributed by atoms with Gasteiger partial charge in [-0.05, 0) is 61.4 Å². The zero-order valence-electron chi connectivity index (χ0n) is 18.7. The minimum Gasteiger partial charge on any atom is -0.354 e. The Kier molecular flexibility index (Phi) is 7.16. The van der Waals surface area contributed by atoms with E-state index in [1.54, 1.807) is 6.20 Å². The summed E-state index contributed by atoms with van der Waals surface area (Å²) in [6, 6.07) is 12.3. The fraction of sp³-hybridized carbons (Fsp3) is 0.400. The number of aromatic nitrogens is 2. The van der Waals surface area contributed by atoms with Gasteiger partial charge < -0.3 is 10.2 Å². The highest BCUT2D eigenvalue weighted by Crippen LogP contribution is 2.31. The first-order valence-corrected chi connectivity index (χ1v) is 10.8. The Bertz CT molecular complexity index is 1080. The molecule has 5 nitrogen and oxygen atoms in total. The summed E-state index contributed by atoms with van der Waals surface area (Å²) in [7, 11) is 0. The van der Waals surface area contributed by atoms with Crippen LogP contribution in [0, 0.1) is 12.8 Å². The Morgan fingerprint density at radius 2 is 2.03 bits per heavy atom. The van der Waals surface area contributed by atoms with Gasteiger partial charge in [-0.2, -0.15) is 0 Å². The lowest BCUT2D eigenvalue weighted by Crippen LogP contribution is -2.39. The van der Waals surface area contributed by atoms with Gasteiger partial charge in [-0.1, -0.05) is 32.9 Å². The summed E-state index contributed by atoms with van der Waals surface area (Å²) < 4.78 is 0. The van der Waals surface area contributed by atoms with Gasteiger partial charge in [0, 0.05) is 36.1 Å². The Labute approximate surface area is 190 Å². The quantitative estimate of drug-likeness (QED) is 0.534. The zero-order valence-corrected chi connectivity index (χ0v) is 19.5. The molecule has 0 bridgehead atoms. The van der Waals surface area contributed by atoms with Gasteiger partial charge in [0.15, 0.2) is 5.65 Å². The molecule has 1 aliphatic heterocycles. The third kappa shape index (κ3) is 4.99. The first-order chi connectivity index (χ1) is 14.4. The van der Waals surface area contributed by atoms with Crippen LogP contribution in [0.25, 0.3) is 11.0 Å². The van der Waals surface area contributed by atoms with Gasteiger partial charge in [-0.25, -0.2) is 9.97 Å². The van der Waals surface area contributed by atoms with Crippen molar-refractivity contribution in [3.05, 3.63) is 59.4 Å². The second kappa shape index (κ2) is 9.65. The van der Waals surface area contributed by atoms with E-state index < -0.39 is 0 Å². The number of nitrogens with one attached hydrogen (secondary N) is 1. The summed E-state index contributed by atoms with van der Waals surface area (Å²) in [6.07, 6.45) is 3.91. The van der Waals surface area contributed by atoms with E-state index >= 15 is 0 Å².